The number of carbonyl (C=O) groups is 3. The van der Waals surface area contributed by atoms with E-state index in [4.69, 9.17) is 9.47 Å². The molecule has 0 bridgehead atoms. The van der Waals surface area contributed by atoms with E-state index in [9.17, 15) is 23.9 Å². The fourth-order valence-electron chi connectivity index (χ4n) is 3.65. The Morgan fingerprint density at radius 3 is 2.27 bits per heavy atom. The predicted octanol–water partition coefficient (Wildman–Crippen LogP) is 2.60. The largest absolute Gasteiger partial charge is 0.507 e. The average Bonchev–Trinajstić information content (AvgIpc) is 3.06. The van der Waals surface area contributed by atoms with Gasteiger partial charge in [0.15, 0.2) is 11.6 Å². The number of benzene rings is 2. The number of esters is 1. The highest BCUT2D eigenvalue weighted by Gasteiger charge is 2.46. The minimum atomic E-state index is -0.915. The number of halogens is 1. The third-order valence-electron chi connectivity index (χ3n) is 5.40. The van der Waals surface area contributed by atoms with Gasteiger partial charge in [-0.05, 0) is 50.0 Å². The van der Waals surface area contributed by atoms with E-state index in [-0.39, 0.29) is 23.4 Å². The molecule has 1 aliphatic rings. The molecule has 2 aromatic rings. The third kappa shape index (κ3) is 4.73. The molecule has 3 rings (SSSR count). The number of Topliss-reactive ketones (excluding diaryl/α,β-unsaturated/α-hetero) is 1. The van der Waals surface area contributed by atoms with Gasteiger partial charge in [-0.1, -0.05) is 12.1 Å². The number of aliphatic hydroxyl groups is 1. The Morgan fingerprint density at radius 2 is 1.73 bits per heavy atom. The first-order valence-corrected chi connectivity index (χ1v) is 10.1. The van der Waals surface area contributed by atoms with E-state index in [1.54, 1.807) is 12.1 Å². The Bertz CT molecular complexity index is 1110. The normalized spacial score (nSPS) is 17.5. The quantitative estimate of drug-likeness (QED) is 0.296. The Hall–Kier alpha value is -3.72. The molecule has 1 unspecified atom stereocenters. The average molecular weight is 456 g/mol. The number of rotatable bonds is 7. The van der Waals surface area contributed by atoms with Crippen molar-refractivity contribution in [3.8, 4) is 5.75 Å². The van der Waals surface area contributed by atoms with E-state index in [0.717, 1.165) is 6.07 Å². The summed E-state index contributed by atoms with van der Waals surface area (Å²) in [5, 5.41) is 11.0. The highest BCUT2D eigenvalue weighted by Crippen LogP contribution is 2.39. The van der Waals surface area contributed by atoms with Gasteiger partial charge < -0.3 is 24.4 Å². The molecule has 8 nitrogen and oxygen atoms in total. The lowest BCUT2D eigenvalue weighted by atomic mass is 9.94. The number of likely N-dealkylation sites (N-methyl/N-ethyl adjacent to an activating group) is 1. The number of methoxy groups -OCH3 is 2. The lowest BCUT2D eigenvalue weighted by molar-refractivity contribution is -0.140. The van der Waals surface area contributed by atoms with Crippen molar-refractivity contribution in [3.63, 3.8) is 0 Å². The standard InChI is InChI=1S/C24H25FN2O6/c1-26(2)11-12-27-20(14-5-7-15(8-6-14)24(31)33-4)19(22(29)23(27)30)21(28)16-9-10-18(32-3)17(25)13-16/h5-10,13,20,28H,11-12H2,1-4H3/b21-19+. The van der Waals surface area contributed by atoms with Crippen molar-refractivity contribution >= 4 is 23.4 Å². The fraction of sp³-hybridized carbons (Fsp3) is 0.292. The van der Waals surface area contributed by atoms with Gasteiger partial charge >= 0.3 is 5.97 Å². The summed E-state index contributed by atoms with van der Waals surface area (Å²) in [6.45, 7) is 0.690. The number of ether oxygens (including phenoxy) is 2. The highest BCUT2D eigenvalue weighted by atomic mass is 19.1. The summed E-state index contributed by atoms with van der Waals surface area (Å²) < 4.78 is 23.9. The van der Waals surface area contributed by atoms with E-state index in [2.05, 4.69) is 0 Å². The molecule has 0 spiro atoms. The van der Waals surface area contributed by atoms with Crippen LogP contribution in [0.4, 0.5) is 4.39 Å². The Balaban J connectivity index is 2.14. The topological polar surface area (TPSA) is 96.4 Å². The SMILES string of the molecule is COC(=O)c1ccc(C2/C(=C(\O)c3ccc(OC)c(F)c3)C(=O)C(=O)N2CCN(C)C)cc1. The Morgan fingerprint density at radius 1 is 1.09 bits per heavy atom. The zero-order valence-corrected chi connectivity index (χ0v) is 18.8. The second-order valence-electron chi connectivity index (χ2n) is 7.76. The molecular weight excluding hydrogens is 431 g/mol. The molecule has 1 atom stereocenters. The molecule has 0 aliphatic carbocycles. The summed E-state index contributed by atoms with van der Waals surface area (Å²) in [5.41, 5.74) is 0.684. The zero-order valence-electron chi connectivity index (χ0n) is 18.8. The van der Waals surface area contributed by atoms with Crippen LogP contribution in [-0.2, 0) is 14.3 Å². The van der Waals surface area contributed by atoms with Crippen LogP contribution in [0.1, 0.15) is 27.5 Å². The number of amides is 1. The first-order chi connectivity index (χ1) is 15.7. The van der Waals surface area contributed by atoms with Gasteiger partial charge in [0.2, 0.25) is 0 Å². The molecule has 1 fully saturated rings. The van der Waals surface area contributed by atoms with Crippen LogP contribution in [0.15, 0.2) is 48.0 Å². The van der Waals surface area contributed by atoms with Gasteiger partial charge in [-0.15, -0.1) is 0 Å². The van der Waals surface area contributed by atoms with Crippen molar-refractivity contribution < 1.29 is 33.4 Å². The van der Waals surface area contributed by atoms with Gasteiger partial charge in [0.25, 0.3) is 11.7 Å². The smallest absolute Gasteiger partial charge is 0.337 e. The molecule has 0 saturated carbocycles. The van der Waals surface area contributed by atoms with Crippen molar-refractivity contribution in [3.05, 3.63) is 70.5 Å². The first-order valence-electron chi connectivity index (χ1n) is 10.1. The van der Waals surface area contributed by atoms with Crippen LogP contribution in [0, 0.1) is 5.82 Å². The molecule has 0 radical (unpaired) electrons. The molecule has 2 aromatic carbocycles. The van der Waals surface area contributed by atoms with Crippen LogP contribution in [0.2, 0.25) is 0 Å². The van der Waals surface area contributed by atoms with Crippen LogP contribution in [0.5, 0.6) is 5.75 Å². The molecule has 1 amide bonds. The molecule has 1 saturated heterocycles. The second-order valence-corrected chi connectivity index (χ2v) is 7.76. The van der Waals surface area contributed by atoms with Crippen molar-refractivity contribution in [2.75, 3.05) is 41.4 Å². The minimum absolute atomic E-state index is 0.0204. The summed E-state index contributed by atoms with van der Waals surface area (Å²) in [5.74, 6) is -3.41. The van der Waals surface area contributed by atoms with Crippen molar-refractivity contribution in [2.24, 2.45) is 0 Å². The van der Waals surface area contributed by atoms with E-state index in [1.165, 1.54) is 43.4 Å². The van der Waals surface area contributed by atoms with Gasteiger partial charge in [-0.2, -0.15) is 0 Å². The molecule has 33 heavy (non-hydrogen) atoms. The van der Waals surface area contributed by atoms with Crippen LogP contribution in [0.25, 0.3) is 5.76 Å². The predicted molar refractivity (Wildman–Crippen MR) is 118 cm³/mol. The Kier molecular flexibility index (Phi) is 7.13. The number of nitrogens with zero attached hydrogens (tertiary/aromatic N) is 2. The Labute approximate surface area is 190 Å². The number of hydrogen-bond donors (Lipinski definition) is 1. The number of hydrogen-bond acceptors (Lipinski definition) is 7. The molecule has 174 valence electrons. The number of aliphatic hydroxyl groups excluding tert-OH is 1. The lowest BCUT2D eigenvalue weighted by Crippen LogP contribution is -2.35. The van der Waals surface area contributed by atoms with Crippen molar-refractivity contribution in [1.29, 1.82) is 0 Å². The summed E-state index contributed by atoms with van der Waals surface area (Å²) in [7, 11) is 6.24. The summed E-state index contributed by atoms with van der Waals surface area (Å²) in [6, 6.07) is 9.07. The maximum atomic E-state index is 14.3. The van der Waals surface area contributed by atoms with E-state index < -0.39 is 35.3 Å². The summed E-state index contributed by atoms with van der Waals surface area (Å²) >= 11 is 0. The zero-order chi connectivity index (χ0) is 24.3. The van der Waals surface area contributed by atoms with E-state index in [0.29, 0.717) is 17.7 Å². The van der Waals surface area contributed by atoms with Crippen LogP contribution < -0.4 is 4.74 Å². The first kappa shape index (κ1) is 23.9. The number of likely N-dealkylation sites (tertiary alicyclic amines) is 1. The minimum Gasteiger partial charge on any atom is -0.507 e. The lowest BCUT2D eigenvalue weighted by Gasteiger charge is -2.26. The third-order valence-corrected chi connectivity index (χ3v) is 5.40. The molecule has 1 aliphatic heterocycles. The van der Waals surface area contributed by atoms with Crippen molar-refractivity contribution in [2.45, 2.75) is 6.04 Å². The maximum absolute atomic E-state index is 14.3. The van der Waals surface area contributed by atoms with Gasteiger partial charge in [0.1, 0.15) is 5.76 Å². The van der Waals surface area contributed by atoms with Crippen LogP contribution >= 0.6 is 0 Å². The van der Waals surface area contributed by atoms with Gasteiger partial charge in [0, 0.05) is 18.7 Å². The number of carbonyl (C=O) groups excluding carboxylic acids is 3. The van der Waals surface area contributed by atoms with Crippen LogP contribution in [0.3, 0.4) is 0 Å². The summed E-state index contributed by atoms with van der Waals surface area (Å²) in [6.07, 6.45) is 0. The summed E-state index contributed by atoms with van der Waals surface area (Å²) in [4.78, 5) is 40.9. The molecule has 9 heteroatoms. The van der Waals surface area contributed by atoms with E-state index in [1.807, 2.05) is 19.0 Å². The molecule has 0 aromatic heterocycles. The highest BCUT2D eigenvalue weighted by molar-refractivity contribution is 6.46. The van der Waals surface area contributed by atoms with Gasteiger partial charge in [-0.25, -0.2) is 9.18 Å². The van der Waals surface area contributed by atoms with Crippen LogP contribution in [-0.4, -0.2) is 74.0 Å². The molecular formula is C24H25FN2O6. The molecule has 1 heterocycles. The van der Waals surface area contributed by atoms with E-state index >= 15 is 0 Å². The fourth-order valence-corrected chi connectivity index (χ4v) is 3.65. The maximum Gasteiger partial charge on any atom is 0.337 e. The van der Waals surface area contributed by atoms with Crippen molar-refractivity contribution in [1.82, 2.24) is 9.80 Å². The molecule has 1 N–H and O–H groups in total. The van der Waals surface area contributed by atoms with Gasteiger partial charge in [-0.3, -0.25) is 9.59 Å². The number of ketones is 1. The second kappa shape index (κ2) is 9.83. The van der Waals surface area contributed by atoms with Gasteiger partial charge in [0.05, 0.1) is 31.4 Å². The monoisotopic (exact) mass is 456 g/mol.